The van der Waals surface area contributed by atoms with E-state index in [-0.39, 0.29) is 0 Å². The minimum atomic E-state index is -2.48. The third kappa shape index (κ3) is 3.85. The van der Waals surface area contributed by atoms with Gasteiger partial charge in [0.25, 0.3) is 0 Å². The lowest BCUT2D eigenvalue weighted by Gasteiger charge is -2.04. The van der Waals surface area contributed by atoms with Crippen LogP contribution in [-0.2, 0) is 30.8 Å². The second-order valence-corrected chi connectivity index (χ2v) is 6.05. The van der Waals surface area contributed by atoms with E-state index in [0.717, 1.165) is 5.56 Å². The van der Waals surface area contributed by atoms with Gasteiger partial charge in [0.15, 0.2) is 0 Å². The molecule has 1 aromatic carbocycles. The molecule has 0 radical (unpaired) electrons. The van der Waals surface area contributed by atoms with Gasteiger partial charge in [0.05, 0.1) is 6.61 Å². The smallest absolute Gasteiger partial charge is 0.144 e. The molecular weight excluding hydrogens is 204 g/mol. The molecule has 0 saturated carbocycles. The largest absolute Gasteiger partial charge is 0.285 e. The molecule has 0 N–H and O–H groups in total. The normalized spacial score (nSPS) is 15.2. The molecule has 1 unspecified atom stereocenters. The maximum atomic E-state index is 11.3. The molecule has 0 aliphatic heterocycles. The summed E-state index contributed by atoms with van der Waals surface area (Å²) in [6, 6.07) is 9.58. The van der Waals surface area contributed by atoms with Crippen molar-refractivity contribution in [3.05, 3.63) is 35.9 Å². The van der Waals surface area contributed by atoms with E-state index in [1.54, 1.807) is 6.92 Å². The Balaban J connectivity index is 2.54. The molecule has 0 aliphatic rings. The maximum Gasteiger partial charge on any atom is 0.144 e. The molecule has 13 heavy (non-hydrogen) atoms. The maximum absolute atomic E-state index is 11.3. The second kappa shape index (κ2) is 4.69. The molecule has 0 aromatic heterocycles. The van der Waals surface area contributed by atoms with Crippen LogP contribution in [0.15, 0.2) is 30.3 Å². The standard InChI is InChI=1S/C9H12O2S2/c1-2-13(10,12)11-8-9-6-4-3-5-7-9/h3-7H,2,8H2,1H3. The summed E-state index contributed by atoms with van der Waals surface area (Å²) in [6.45, 7) is 2.09. The molecular formula is C9H12O2S2. The van der Waals surface area contributed by atoms with E-state index in [4.69, 9.17) is 15.4 Å². The Bertz CT molecular complexity index is 343. The molecule has 0 saturated heterocycles. The van der Waals surface area contributed by atoms with Crippen LogP contribution in [0.1, 0.15) is 12.5 Å². The fourth-order valence-corrected chi connectivity index (χ4v) is 1.44. The van der Waals surface area contributed by atoms with Crippen molar-refractivity contribution in [2.45, 2.75) is 13.5 Å². The van der Waals surface area contributed by atoms with E-state index in [1.807, 2.05) is 30.3 Å². The van der Waals surface area contributed by atoms with Gasteiger partial charge in [-0.2, -0.15) is 0 Å². The van der Waals surface area contributed by atoms with Crippen LogP contribution in [0.4, 0.5) is 0 Å². The van der Waals surface area contributed by atoms with Crippen LogP contribution in [-0.4, -0.2) is 9.96 Å². The minimum Gasteiger partial charge on any atom is -0.285 e. The highest BCUT2D eigenvalue weighted by atomic mass is 32.8. The average molecular weight is 216 g/mol. The predicted octanol–water partition coefficient (Wildman–Crippen LogP) is 1.88. The van der Waals surface area contributed by atoms with Crippen LogP contribution in [0.5, 0.6) is 0 Å². The van der Waals surface area contributed by atoms with Gasteiger partial charge in [-0.25, -0.2) is 4.21 Å². The first-order chi connectivity index (χ1) is 6.14. The van der Waals surface area contributed by atoms with Crippen LogP contribution in [0.2, 0.25) is 0 Å². The SMILES string of the molecule is CCS(=O)(=S)OCc1ccccc1. The van der Waals surface area contributed by atoms with E-state index in [0.29, 0.717) is 12.4 Å². The quantitative estimate of drug-likeness (QED) is 0.768. The molecule has 0 amide bonds. The Kier molecular flexibility index (Phi) is 3.84. The Labute approximate surface area is 83.8 Å². The van der Waals surface area contributed by atoms with Crippen LogP contribution in [0, 0.1) is 0 Å². The van der Waals surface area contributed by atoms with Gasteiger partial charge in [-0.3, -0.25) is 4.18 Å². The highest BCUT2D eigenvalue weighted by molar-refractivity contribution is 8.30. The average Bonchev–Trinajstić information content (AvgIpc) is 2.17. The zero-order valence-corrected chi connectivity index (χ0v) is 9.07. The van der Waals surface area contributed by atoms with Gasteiger partial charge in [-0.15, -0.1) is 0 Å². The van der Waals surface area contributed by atoms with Crippen molar-refractivity contribution < 1.29 is 8.39 Å². The summed E-state index contributed by atoms with van der Waals surface area (Å²) in [5.74, 6) is 0.384. The molecule has 0 fully saturated rings. The zero-order valence-electron chi connectivity index (χ0n) is 7.43. The Hall–Kier alpha value is -0.450. The van der Waals surface area contributed by atoms with Gasteiger partial charge < -0.3 is 0 Å². The van der Waals surface area contributed by atoms with Crippen LogP contribution >= 0.6 is 0 Å². The lowest BCUT2D eigenvalue weighted by Crippen LogP contribution is -2.06. The van der Waals surface area contributed by atoms with Crippen molar-refractivity contribution in [1.82, 2.24) is 0 Å². The third-order valence-electron chi connectivity index (χ3n) is 1.60. The summed E-state index contributed by atoms with van der Waals surface area (Å²) >= 11 is 4.75. The first-order valence-corrected chi connectivity index (χ1v) is 6.63. The van der Waals surface area contributed by atoms with Gasteiger partial charge in [-0.05, 0) is 5.56 Å². The van der Waals surface area contributed by atoms with Crippen molar-refractivity contribution >= 4 is 20.0 Å². The molecule has 72 valence electrons. The number of hydrogen-bond acceptors (Lipinski definition) is 3. The third-order valence-corrected chi connectivity index (χ3v) is 3.78. The number of rotatable bonds is 4. The molecule has 0 aliphatic carbocycles. The molecule has 1 aromatic rings. The fraction of sp³-hybridized carbons (Fsp3) is 0.333. The van der Waals surface area contributed by atoms with E-state index in [9.17, 15) is 4.21 Å². The number of hydrogen-bond donors (Lipinski definition) is 0. The molecule has 1 atom stereocenters. The fourth-order valence-electron chi connectivity index (χ4n) is 0.815. The van der Waals surface area contributed by atoms with Gasteiger partial charge in [0.2, 0.25) is 0 Å². The van der Waals surface area contributed by atoms with Crippen molar-refractivity contribution in [3.63, 3.8) is 0 Å². The summed E-state index contributed by atoms with van der Waals surface area (Å²) in [6.07, 6.45) is 0. The zero-order chi connectivity index (χ0) is 9.73. The first-order valence-electron chi connectivity index (χ1n) is 4.05. The highest BCUT2D eigenvalue weighted by Crippen LogP contribution is 2.04. The summed E-state index contributed by atoms with van der Waals surface area (Å²) in [5.41, 5.74) is 0.994. The monoisotopic (exact) mass is 216 g/mol. The number of benzene rings is 1. The van der Waals surface area contributed by atoms with Gasteiger partial charge in [0.1, 0.15) is 8.77 Å². The van der Waals surface area contributed by atoms with Crippen molar-refractivity contribution in [3.8, 4) is 0 Å². The predicted molar refractivity (Wildman–Crippen MR) is 57.3 cm³/mol. The molecule has 4 heteroatoms. The molecule has 1 rings (SSSR count). The highest BCUT2D eigenvalue weighted by Gasteiger charge is 2.02. The van der Waals surface area contributed by atoms with E-state index in [2.05, 4.69) is 0 Å². The molecule has 0 spiro atoms. The van der Waals surface area contributed by atoms with E-state index >= 15 is 0 Å². The van der Waals surface area contributed by atoms with Gasteiger partial charge in [0, 0.05) is 16.9 Å². The van der Waals surface area contributed by atoms with Gasteiger partial charge >= 0.3 is 0 Å². The van der Waals surface area contributed by atoms with Crippen molar-refractivity contribution in [2.24, 2.45) is 0 Å². The van der Waals surface area contributed by atoms with Crippen LogP contribution in [0.25, 0.3) is 0 Å². The first kappa shape index (κ1) is 10.6. The van der Waals surface area contributed by atoms with Crippen molar-refractivity contribution in [2.75, 3.05) is 5.75 Å². The van der Waals surface area contributed by atoms with Crippen molar-refractivity contribution in [1.29, 1.82) is 0 Å². The molecule has 0 heterocycles. The van der Waals surface area contributed by atoms with E-state index < -0.39 is 8.77 Å². The Morgan fingerprint density at radius 2 is 2.00 bits per heavy atom. The second-order valence-electron chi connectivity index (χ2n) is 2.59. The van der Waals surface area contributed by atoms with Gasteiger partial charge in [-0.1, -0.05) is 37.3 Å². The molecule has 0 bridgehead atoms. The Morgan fingerprint density at radius 1 is 1.38 bits per heavy atom. The lowest BCUT2D eigenvalue weighted by atomic mass is 10.2. The minimum absolute atomic E-state index is 0.330. The summed E-state index contributed by atoms with van der Waals surface area (Å²) in [7, 11) is -2.48. The summed E-state index contributed by atoms with van der Waals surface area (Å²) < 4.78 is 16.4. The summed E-state index contributed by atoms with van der Waals surface area (Å²) in [4.78, 5) is 0. The lowest BCUT2D eigenvalue weighted by molar-refractivity contribution is 0.336. The van der Waals surface area contributed by atoms with Crippen LogP contribution < -0.4 is 0 Å². The van der Waals surface area contributed by atoms with Crippen LogP contribution in [0.3, 0.4) is 0 Å². The Morgan fingerprint density at radius 3 is 2.54 bits per heavy atom. The van der Waals surface area contributed by atoms with E-state index in [1.165, 1.54) is 0 Å². The summed E-state index contributed by atoms with van der Waals surface area (Å²) in [5, 5.41) is 0. The topological polar surface area (TPSA) is 26.3 Å². The molecule has 2 nitrogen and oxygen atoms in total.